The Hall–Kier alpha value is -0.640. The molecule has 0 saturated heterocycles. The fraction of sp³-hybridized carbons (Fsp3) is 0.571. The van der Waals surface area contributed by atoms with Crippen LogP contribution in [-0.4, -0.2) is 19.1 Å². The van der Waals surface area contributed by atoms with E-state index in [1.165, 1.54) is 6.07 Å². The Balaban J connectivity index is 2.29. The number of halogens is 2. The summed E-state index contributed by atoms with van der Waals surface area (Å²) >= 11 is 5.73. The van der Waals surface area contributed by atoms with Crippen LogP contribution in [0.3, 0.4) is 0 Å². The summed E-state index contributed by atoms with van der Waals surface area (Å²) in [6.45, 7) is 9.14. The molecule has 0 radical (unpaired) electrons. The fourth-order valence-electron chi connectivity index (χ4n) is 1.60. The van der Waals surface area contributed by atoms with E-state index in [2.05, 4.69) is 31.4 Å². The number of rotatable bonds is 7. The summed E-state index contributed by atoms with van der Waals surface area (Å²) in [7, 11) is 0. The predicted molar refractivity (Wildman–Crippen MR) is 75.4 cm³/mol. The van der Waals surface area contributed by atoms with E-state index in [0.717, 1.165) is 18.7 Å². The molecule has 2 N–H and O–H groups in total. The molecule has 0 spiro atoms. The first kappa shape index (κ1) is 15.4. The third-order valence-electron chi connectivity index (χ3n) is 2.64. The van der Waals surface area contributed by atoms with Crippen molar-refractivity contribution in [3.63, 3.8) is 0 Å². The molecule has 0 fully saturated rings. The van der Waals surface area contributed by atoms with Crippen molar-refractivity contribution in [2.75, 3.05) is 13.1 Å². The van der Waals surface area contributed by atoms with E-state index in [4.69, 9.17) is 11.6 Å². The van der Waals surface area contributed by atoms with E-state index in [0.29, 0.717) is 18.5 Å². The molecular weight excluding hydrogens is 251 g/mol. The molecule has 1 aromatic carbocycles. The van der Waals surface area contributed by atoms with Crippen LogP contribution in [0.15, 0.2) is 18.2 Å². The Morgan fingerprint density at radius 2 is 1.94 bits per heavy atom. The minimum Gasteiger partial charge on any atom is -0.315 e. The lowest BCUT2D eigenvalue weighted by atomic mass is 10.2. The maximum absolute atomic E-state index is 13.0. The molecule has 0 amide bonds. The lowest BCUT2D eigenvalue weighted by Crippen LogP contribution is -2.37. The molecule has 0 heterocycles. The van der Waals surface area contributed by atoms with Gasteiger partial charge in [-0.1, -0.05) is 31.5 Å². The summed E-state index contributed by atoms with van der Waals surface area (Å²) in [5.74, 6) is 0.292. The second-order valence-corrected chi connectivity index (χ2v) is 5.49. The van der Waals surface area contributed by atoms with E-state index in [9.17, 15) is 4.39 Å². The van der Waals surface area contributed by atoms with Crippen LogP contribution in [0.4, 0.5) is 4.39 Å². The van der Waals surface area contributed by atoms with E-state index < -0.39 is 0 Å². The number of nitrogens with one attached hydrogen (secondary N) is 2. The van der Waals surface area contributed by atoms with Crippen LogP contribution >= 0.6 is 11.6 Å². The first-order valence-corrected chi connectivity index (χ1v) is 6.75. The van der Waals surface area contributed by atoms with Crippen molar-refractivity contribution in [3.05, 3.63) is 34.6 Å². The number of hydrogen-bond donors (Lipinski definition) is 2. The number of hydrogen-bond acceptors (Lipinski definition) is 2. The largest absolute Gasteiger partial charge is 0.315 e. The maximum atomic E-state index is 13.0. The van der Waals surface area contributed by atoms with Gasteiger partial charge in [-0.2, -0.15) is 0 Å². The molecule has 0 aromatic heterocycles. The SMILES string of the molecule is CC(C)CNCC(C)NCc1ccc(F)c(Cl)c1. The first-order chi connectivity index (χ1) is 8.49. The van der Waals surface area contributed by atoms with E-state index in [-0.39, 0.29) is 10.8 Å². The van der Waals surface area contributed by atoms with Gasteiger partial charge in [0.25, 0.3) is 0 Å². The molecular formula is C14H22ClFN2. The average Bonchev–Trinajstić information content (AvgIpc) is 2.30. The van der Waals surface area contributed by atoms with Crippen LogP contribution in [0, 0.1) is 11.7 Å². The molecule has 1 unspecified atom stereocenters. The van der Waals surface area contributed by atoms with Crippen LogP contribution < -0.4 is 10.6 Å². The lowest BCUT2D eigenvalue weighted by Gasteiger charge is -2.16. The van der Waals surface area contributed by atoms with Gasteiger partial charge in [0, 0.05) is 19.1 Å². The third kappa shape index (κ3) is 5.80. The Bertz CT molecular complexity index is 369. The zero-order chi connectivity index (χ0) is 13.5. The van der Waals surface area contributed by atoms with Crippen molar-refractivity contribution >= 4 is 11.6 Å². The summed E-state index contributed by atoms with van der Waals surface area (Å²) in [5, 5.41) is 6.95. The van der Waals surface area contributed by atoms with Gasteiger partial charge in [-0.3, -0.25) is 0 Å². The molecule has 0 aliphatic rings. The quantitative estimate of drug-likeness (QED) is 0.797. The van der Waals surface area contributed by atoms with Crippen LogP contribution in [0.25, 0.3) is 0 Å². The lowest BCUT2D eigenvalue weighted by molar-refractivity contribution is 0.472. The molecule has 1 rings (SSSR count). The van der Waals surface area contributed by atoms with E-state index >= 15 is 0 Å². The monoisotopic (exact) mass is 272 g/mol. The highest BCUT2D eigenvalue weighted by atomic mass is 35.5. The van der Waals surface area contributed by atoms with Gasteiger partial charge in [0.05, 0.1) is 5.02 Å². The normalized spacial score (nSPS) is 13.0. The summed E-state index contributed by atoms with van der Waals surface area (Å²) in [5.41, 5.74) is 0.997. The Morgan fingerprint density at radius 1 is 1.22 bits per heavy atom. The molecule has 4 heteroatoms. The first-order valence-electron chi connectivity index (χ1n) is 6.37. The molecule has 0 aliphatic carbocycles. The Labute approximate surface area is 114 Å². The highest BCUT2D eigenvalue weighted by Crippen LogP contribution is 2.15. The molecule has 1 aromatic rings. The topological polar surface area (TPSA) is 24.1 Å². The molecule has 0 aliphatic heterocycles. The maximum Gasteiger partial charge on any atom is 0.141 e. The molecule has 1 atom stereocenters. The van der Waals surface area contributed by atoms with Gasteiger partial charge < -0.3 is 10.6 Å². The highest BCUT2D eigenvalue weighted by Gasteiger charge is 2.04. The van der Waals surface area contributed by atoms with E-state index in [1.807, 2.05) is 0 Å². The fourth-order valence-corrected chi connectivity index (χ4v) is 1.81. The average molecular weight is 273 g/mol. The van der Waals surface area contributed by atoms with Crippen molar-refractivity contribution in [2.24, 2.45) is 5.92 Å². The van der Waals surface area contributed by atoms with Crippen molar-refractivity contribution in [1.82, 2.24) is 10.6 Å². The van der Waals surface area contributed by atoms with Gasteiger partial charge >= 0.3 is 0 Å². The second-order valence-electron chi connectivity index (χ2n) is 5.08. The van der Waals surface area contributed by atoms with Gasteiger partial charge in [0.2, 0.25) is 0 Å². The smallest absolute Gasteiger partial charge is 0.141 e. The van der Waals surface area contributed by atoms with Crippen molar-refractivity contribution in [1.29, 1.82) is 0 Å². The van der Waals surface area contributed by atoms with Gasteiger partial charge in [0.15, 0.2) is 0 Å². The third-order valence-corrected chi connectivity index (χ3v) is 2.93. The van der Waals surface area contributed by atoms with E-state index in [1.54, 1.807) is 12.1 Å². The molecule has 0 bridgehead atoms. The molecule has 0 saturated carbocycles. The van der Waals surface area contributed by atoms with Gasteiger partial charge in [-0.15, -0.1) is 0 Å². The molecule has 18 heavy (non-hydrogen) atoms. The Kier molecular flexibility index (Phi) is 6.61. The minimum absolute atomic E-state index is 0.180. The van der Waals surface area contributed by atoms with Crippen LogP contribution in [-0.2, 0) is 6.54 Å². The minimum atomic E-state index is -0.368. The van der Waals surface area contributed by atoms with Crippen molar-refractivity contribution in [3.8, 4) is 0 Å². The standard InChI is InChI=1S/C14H22ClFN2/c1-10(2)7-17-8-11(3)18-9-12-4-5-14(16)13(15)6-12/h4-6,10-11,17-18H,7-9H2,1-3H3. The molecule has 2 nitrogen and oxygen atoms in total. The van der Waals surface area contributed by atoms with Crippen molar-refractivity contribution in [2.45, 2.75) is 33.4 Å². The van der Waals surface area contributed by atoms with Crippen molar-refractivity contribution < 1.29 is 4.39 Å². The van der Waals surface area contributed by atoms with Gasteiger partial charge in [-0.05, 0) is 37.1 Å². The zero-order valence-electron chi connectivity index (χ0n) is 11.3. The summed E-state index contributed by atoms with van der Waals surface area (Å²) in [6, 6.07) is 5.19. The van der Waals surface area contributed by atoms with Gasteiger partial charge in [0.1, 0.15) is 5.82 Å². The van der Waals surface area contributed by atoms with Gasteiger partial charge in [-0.25, -0.2) is 4.39 Å². The number of benzene rings is 1. The van der Waals surface area contributed by atoms with Crippen LogP contribution in [0.2, 0.25) is 5.02 Å². The Morgan fingerprint density at radius 3 is 2.56 bits per heavy atom. The summed E-state index contributed by atoms with van der Waals surface area (Å²) in [4.78, 5) is 0. The van der Waals surface area contributed by atoms with Crippen LogP contribution in [0.1, 0.15) is 26.3 Å². The summed E-state index contributed by atoms with van der Waals surface area (Å²) in [6.07, 6.45) is 0. The highest BCUT2D eigenvalue weighted by molar-refractivity contribution is 6.30. The molecule has 102 valence electrons. The zero-order valence-corrected chi connectivity index (χ0v) is 12.0. The predicted octanol–water partition coefficient (Wildman–Crippen LogP) is 3.20. The second kappa shape index (κ2) is 7.72. The van der Waals surface area contributed by atoms with Crippen LogP contribution in [0.5, 0.6) is 0 Å². The summed E-state index contributed by atoms with van der Waals surface area (Å²) < 4.78 is 13.0.